The van der Waals surface area contributed by atoms with Gasteiger partial charge in [0.05, 0.1) is 5.41 Å². The van der Waals surface area contributed by atoms with Crippen LogP contribution in [0.3, 0.4) is 0 Å². The summed E-state index contributed by atoms with van der Waals surface area (Å²) in [7, 11) is 0. The van der Waals surface area contributed by atoms with Crippen LogP contribution in [0.4, 0.5) is 11.4 Å². The first kappa shape index (κ1) is 19.1. The van der Waals surface area contributed by atoms with Crippen LogP contribution >= 0.6 is 0 Å². The molecule has 5 nitrogen and oxygen atoms in total. The number of carbonyl (C=O) groups excluding carboxylic acids is 2. The summed E-state index contributed by atoms with van der Waals surface area (Å²) >= 11 is 0. The maximum Gasteiger partial charge on any atom is 0.258 e. The Morgan fingerprint density at radius 2 is 1.85 bits per heavy atom. The van der Waals surface area contributed by atoms with Gasteiger partial charge in [-0.25, -0.2) is 0 Å². The van der Waals surface area contributed by atoms with Gasteiger partial charge in [-0.3, -0.25) is 9.59 Å². The second-order valence-electron chi connectivity index (χ2n) is 7.06. The molecule has 0 radical (unpaired) electrons. The molecule has 142 valence electrons. The first-order chi connectivity index (χ1) is 13.0. The largest absolute Gasteiger partial charge is 0.329 e. The molecule has 0 saturated heterocycles. The Balaban J connectivity index is 1.80. The minimum atomic E-state index is -0.575. The maximum absolute atomic E-state index is 13.0. The number of nitrogens with two attached hydrogens (primary N) is 1. The van der Waals surface area contributed by atoms with E-state index in [1.165, 1.54) is 5.56 Å². The standard InChI is InChI=1S/C22H27N3O2/c1-3-22(4-2,15-23)21(27)24-18-10-7-9-17(14-18)20(26)25-13-12-16-8-5-6-11-19(16)25/h5-11,14H,3-4,12-13,15,23H2,1-2H3,(H,24,27). The molecule has 0 unspecified atom stereocenters. The van der Waals surface area contributed by atoms with Crippen LogP contribution in [0.25, 0.3) is 0 Å². The van der Waals surface area contributed by atoms with E-state index in [9.17, 15) is 9.59 Å². The summed E-state index contributed by atoms with van der Waals surface area (Å²) in [5.41, 5.74) is 8.64. The molecule has 1 aliphatic heterocycles. The summed E-state index contributed by atoms with van der Waals surface area (Å²) in [4.78, 5) is 27.6. The van der Waals surface area contributed by atoms with Crippen LogP contribution in [0.5, 0.6) is 0 Å². The summed E-state index contributed by atoms with van der Waals surface area (Å²) in [6.45, 7) is 4.92. The second-order valence-corrected chi connectivity index (χ2v) is 7.06. The van der Waals surface area contributed by atoms with Gasteiger partial charge in [0.2, 0.25) is 5.91 Å². The third-order valence-corrected chi connectivity index (χ3v) is 5.73. The van der Waals surface area contributed by atoms with Crippen molar-refractivity contribution < 1.29 is 9.59 Å². The monoisotopic (exact) mass is 365 g/mol. The normalized spacial score (nSPS) is 13.4. The van der Waals surface area contributed by atoms with Gasteiger partial charge in [-0.2, -0.15) is 0 Å². The predicted molar refractivity (Wildman–Crippen MR) is 109 cm³/mol. The van der Waals surface area contributed by atoms with Gasteiger partial charge in [0, 0.05) is 30.0 Å². The summed E-state index contributed by atoms with van der Waals surface area (Å²) in [6.07, 6.45) is 2.22. The number of nitrogens with zero attached hydrogens (tertiary/aromatic N) is 1. The zero-order chi connectivity index (χ0) is 19.4. The minimum Gasteiger partial charge on any atom is -0.329 e. The fraction of sp³-hybridized carbons (Fsp3) is 0.364. The van der Waals surface area contributed by atoms with Gasteiger partial charge in [-0.1, -0.05) is 38.1 Å². The van der Waals surface area contributed by atoms with Crippen molar-refractivity contribution in [2.45, 2.75) is 33.1 Å². The zero-order valence-electron chi connectivity index (χ0n) is 16.0. The number of hydrogen-bond donors (Lipinski definition) is 2. The van der Waals surface area contributed by atoms with Crippen molar-refractivity contribution in [3.63, 3.8) is 0 Å². The molecule has 0 fully saturated rings. The average Bonchev–Trinajstić information content (AvgIpc) is 3.13. The van der Waals surface area contributed by atoms with Crippen LogP contribution in [-0.2, 0) is 11.2 Å². The highest BCUT2D eigenvalue weighted by Gasteiger charge is 2.33. The van der Waals surface area contributed by atoms with E-state index >= 15 is 0 Å². The van der Waals surface area contributed by atoms with E-state index in [-0.39, 0.29) is 11.8 Å². The van der Waals surface area contributed by atoms with Gasteiger partial charge < -0.3 is 16.0 Å². The van der Waals surface area contributed by atoms with E-state index in [4.69, 9.17) is 5.73 Å². The van der Waals surface area contributed by atoms with E-state index in [1.54, 1.807) is 29.2 Å². The molecule has 3 N–H and O–H groups in total. The first-order valence-electron chi connectivity index (χ1n) is 9.56. The quantitative estimate of drug-likeness (QED) is 0.821. The topological polar surface area (TPSA) is 75.4 Å². The number of nitrogens with one attached hydrogen (secondary N) is 1. The van der Waals surface area contributed by atoms with Crippen LogP contribution < -0.4 is 16.0 Å². The lowest BCUT2D eigenvalue weighted by Crippen LogP contribution is -2.41. The average molecular weight is 365 g/mol. The second kappa shape index (κ2) is 7.92. The highest BCUT2D eigenvalue weighted by Crippen LogP contribution is 2.30. The molecule has 1 aliphatic rings. The predicted octanol–water partition coefficient (Wildman–Crippen LogP) is 3.59. The SMILES string of the molecule is CCC(CC)(CN)C(=O)Nc1cccc(C(=O)N2CCc3ccccc32)c1. The van der Waals surface area contributed by atoms with Crippen molar-refractivity contribution in [1.29, 1.82) is 0 Å². The smallest absolute Gasteiger partial charge is 0.258 e. The van der Waals surface area contributed by atoms with Crippen molar-refractivity contribution in [2.24, 2.45) is 11.1 Å². The van der Waals surface area contributed by atoms with Crippen molar-refractivity contribution in [3.8, 4) is 0 Å². The number of hydrogen-bond acceptors (Lipinski definition) is 3. The molecular formula is C22H27N3O2. The molecule has 27 heavy (non-hydrogen) atoms. The molecule has 0 atom stereocenters. The van der Waals surface area contributed by atoms with E-state index in [1.807, 2.05) is 32.0 Å². The molecule has 1 heterocycles. The summed E-state index contributed by atoms with van der Waals surface area (Å²) in [5.74, 6) is -0.141. The number of anilines is 2. The van der Waals surface area contributed by atoms with Crippen LogP contribution in [0.1, 0.15) is 42.6 Å². The number of amides is 2. The molecule has 0 aliphatic carbocycles. The van der Waals surface area contributed by atoms with E-state index < -0.39 is 5.41 Å². The Morgan fingerprint density at radius 3 is 2.56 bits per heavy atom. The lowest BCUT2D eigenvalue weighted by Gasteiger charge is -2.28. The summed E-state index contributed by atoms with van der Waals surface area (Å²) in [6, 6.07) is 15.1. The molecule has 2 aromatic carbocycles. The first-order valence-corrected chi connectivity index (χ1v) is 9.56. The molecular weight excluding hydrogens is 338 g/mol. The Morgan fingerprint density at radius 1 is 1.11 bits per heavy atom. The molecule has 3 rings (SSSR count). The van der Waals surface area contributed by atoms with E-state index in [2.05, 4.69) is 11.4 Å². The third-order valence-electron chi connectivity index (χ3n) is 5.73. The van der Waals surface area contributed by atoms with Crippen molar-refractivity contribution in [3.05, 3.63) is 59.7 Å². The zero-order valence-corrected chi connectivity index (χ0v) is 16.0. The van der Waals surface area contributed by atoms with E-state index in [0.717, 1.165) is 12.1 Å². The molecule has 0 spiro atoms. The van der Waals surface area contributed by atoms with Gasteiger partial charge in [0.15, 0.2) is 0 Å². The fourth-order valence-corrected chi connectivity index (χ4v) is 3.65. The molecule has 2 amide bonds. The Hall–Kier alpha value is -2.66. The maximum atomic E-state index is 13.0. The lowest BCUT2D eigenvalue weighted by atomic mass is 9.81. The van der Waals surface area contributed by atoms with Crippen LogP contribution in [0.15, 0.2) is 48.5 Å². The van der Waals surface area contributed by atoms with Gasteiger partial charge in [-0.05, 0) is 49.1 Å². The molecule has 0 bridgehead atoms. The van der Waals surface area contributed by atoms with Gasteiger partial charge in [-0.15, -0.1) is 0 Å². The van der Waals surface area contributed by atoms with Gasteiger partial charge in [0.1, 0.15) is 0 Å². The molecule has 2 aromatic rings. The number of fused-ring (bicyclic) bond motifs is 1. The van der Waals surface area contributed by atoms with Crippen LogP contribution in [0, 0.1) is 5.41 Å². The van der Waals surface area contributed by atoms with Crippen LogP contribution in [0.2, 0.25) is 0 Å². The summed E-state index contributed by atoms with van der Waals surface area (Å²) < 4.78 is 0. The highest BCUT2D eigenvalue weighted by atomic mass is 16.2. The Kier molecular flexibility index (Phi) is 5.61. The molecule has 0 saturated carbocycles. The lowest BCUT2D eigenvalue weighted by molar-refractivity contribution is -0.125. The third kappa shape index (κ3) is 3.60. The van der Waals surface area contributed by atoms with Crippen molar-refractivity contribution in [2.75, 3.05) is 23.3 Å². The fourth-order valence-electron chi connectivity index (χ4n) is 3.65. The van der Waals surface area contributed by atoms with Crippen LogP contribution in [-0.4, -0.2) is 24.9 Å². The number of benzene rings is 2. The number of para-hydroxylation sites is 1. The van der Waals surface area contributed by atoms with Crippen molar-refractivity contribution >= 4 is 23.2 Å². The molecule has 0 aromatic heterocycles. The number of rotatable bonds is 6. The Bertz CT molecular complexity index is 835. The van der Waals surface area contributed by atoms with Crippen molar-refractivity contribution in [1.82, 2.24) is 0 Å². The summed E-state index contributed by atoms with van der Waals surface area (Å²) in [5, 5.41) is 2.95. The highest BCUT2D eigenvalue weighted by molar-refractivity contribution is 6.08. The van der Waals surface area contributed by atoms with E-state index in [0.29, 0.717) is 37.2 Å². The molecule has 5 heteroatoms. The minimum absolute atomic E-state index is 0.0490. The van der Waals surface area contributed by atoms with Gasteiger partial charge in [0.25, 0.3) is 5.91 Å². The van der Waals surface area contributed by atoms with Gasteiger partial charge >= 0.3 is 0 Å². The Labute approximate surface area is 160 Å². The number of carbonyl (C=O) groups is 2.